The number of hydrogen-bond acceptors (Lipinski definition) is 4. The first-order valence-electron chi connectivity index (χ1n) is 10.0. The Bertz CT molecular complexity index is 883. The predicted octanol–water partition coefficient (Wildman–Crippen LogP) is 4.39. The largest absolute Gasteiger partial charge is 0.493 e. The average molecular weight is 413 g/mol. The summed E-state index contributed by atoms with van der Waals surface area (Å²) in [5.41, 5.74) is 2.24. The zero-order valence-electron chi connectivity index (χ0n) is 18.8. The summed E-state index contributed by atoms with van der Waals surface area (Å²) in [6.45, 7) is 10.1. The second-order valence-electron chi connectivity index (χ2n) is 8.58. The third kappa shape index (κ3) is 5.75. The van der Waals surface area contributed by atoms with Crippen molar-refractivity contribution in [3.05, 3.63) is 53.6 Å². The van der Waals surface area contributed by atoms with Crippen molar-refractivity contribution in [1.82, 2.24) is 5.32 Å². The molecule has 6 nitrogen and oxygen atoms in total. The molecule has 1 atom stereocenters. The molecule has 0 aliphatic rings. The summed E-state index contributed by atoms with van der Waals surface area (Å²) in [6.07, 6.45) is 0. The Hall–Kier alpha value is -3.02. The van der Waals surface area contributed by atoms with E-state index in [-0.39, 0.29) is 23.1 Å². The highest BCUT2D eigenvalue weighted by Crippen LogP contribution is 2.30. The number of hydrogen-bond donors (Lipinski definition) is 2. The molecule has 0 aliphatic heterocycles. The van der Waals surface area contributed by atoms with Crippen LogP contribution < -0.4 is 20.1 Å². The third-order valence-corrected chi connectivity index (χ3v) is 4.90. The van der Waals surface area contributed by atoms with Gasteiger partial charge in [0, 0.05) is 17.3 Å². The minimum atomic E-state index is -0.687. The molecule has 6 heteroatoms. The lowest BCUT2D eigenvalue weighted by Gasteiger charge is -2.23. The van der Waals surface area contributed by atoms with Crippen LogP contribution in [0.4, 0.5) is 5.69 Å². The quantitative estimate of drug-likeness (QED) is 0.707. The van der Waals surface area contributed by atoms with Gasteiger partial charge in [0.25, 0.3) is 5.91 Å². The molecule has 0 aromatic heterocycles. The standard InChI is InChI=1S/C24H32N2O4/c1-15(2)21(23(28)25-18-12-13-19(29-6)20(14-18)30-7)26-22(27)16-8-10-17(11-9-16)24(3,4)5/h8-15,21H,1-7H3,(H,25,28)(H,26,27)/t21-/m0/s1. The number of rotatable bonds is 7. The van der Waals surface area contributed by atoms with Gasteiger partial charge in [-0.25, -0.2) is 0 Å². The second kappa shape index (κ2) is 9.65. The first-order chi connectivity index (χ1) is 14.1. The van der Waals surface area contributed by atoms with E-state index >= 15 is 0 Å². The van der Waals surface area contributed by atoms with Gasteiger partial charge in [0.1, 0.15) is 6.04 Å². The van der Waals surface area contributed by atoms with Crippen LogP contribution in [0.2, 0.25) is 0 Å². The van der Waals surface area contributed by atoms with E-state index in [4.69, 9.17) is 9.47 Å². The third-order valence-electron chi connectivity index (χ3n) is 4.90. The molecule has 2 N–H and O–H groups in total. The summed E-state index contributed by atoms with van der Waals surface area (Å²) >= 11 is 0. The summed E-state index contributed by atoms with van der Waals surface area (Å²) < 4.78 is 10.5. The van der Waals surface area contributed by atoms with Crippen molar-refractivity contribution >= 4 is 17.5 Å². The van der Waals surface area contributed by atoms with Crippen molar-refractivity contribution in [2.75, 3.05) is 19.5 Å². The molecule has 2 amide bonds. The number of benzene rings is 2. The number of methoxy groups -OCH3 is 2. The highest BCUT2D eigenvalue weighted by molar-refractivity contribution is 6.01. The monoisotopic (exact) mass is 412 g/mol. The smallest absolute Gasteiger partial charge is 0.251 e. The van der Waals surface area contributed by atoms with Crippen molar-refractivity contribution in [1.29, 1.82) is 0 Å². The summed E-state index contributed by atoms with van der Waals surface area (Å²) in [7, 11) is 3.08. The van der Waals surface area contributed by atoms with Crippen LogP contribution in [0.1, 0.15) is 50.5 Å². The lowest BCUT2D eigenvalue weighted by Crippen LogP contribution is -2.47. The lowest BCUT2D eigenvalue weighted by molar-refractivity contribution is -0.118. The Morgan fingerprint density at radius 3 is 2.00 bits per heavy atom. The first kappa shape index (κ1) is 23.3. The number of anilines is 1. The molecule has 0 radical (unpaired) electrons. The molecule has 0 fully saturated rings. The Morgan fingerprint density at radius 2 is 1.50 bits per heavy atom. The normalized spacial score (nSPS) is 12.3. The van der Waals surface area contributed by atoms with Crippen molar-refractivity contribution in [2.24, 2.45) is 5.92 Å². The minimum absolute atomic E-state index is 0.00871. The summed E-state index contributed by atoms with van der Waals surface area (Å²) in [4.78, 5) is 25.6. The molecule has 2 aromatic carbocycles. The molecule has 162 valence electrons. The van der Waals surface area contributed by atoms with E-state index in [1.54, 1.807) is 37.4 Å². The van der Waals surface area contributed by atoms with E-state index in [1.807, 2.05) is 26.0 Å². The summed E-state index contributed by atoms with van der Waals surface area (Å²) in [5.74, 6) is 0.415. The fraction of sp³-hybridized carbons (Fsp3) is 0.417. The molecule has 2 aromatic rings. The summed E-state index contributed by atoms with van der Waals surface area (Å²) in [6, 6.07) is 11.9. The first-order valence-corrected chi connectivity index (χ1v) is 10.0. The van der Waals surface area contributed by atoms with Crippen molar-refractivity contribution in [3.8, 4) is 11.5 Å². The molecule has 0 bridgehead atoms. The van der Waals surface area contributed by atoms with Crippen LogP contribution in [0, 0.1) is 5.92 Å². The van der Waals surface area contributed by atoms with Gasteiger partial charge in [-0.3, -0.25) is 9.59 Å². The van der Waals surface area contributed by atoms with Crippen molar-refractivity contribution in [3.63, 3.8) is 0 Å². The maximum absolute atomic E-state index is 12.9. The Morgan fingerprint density at radius 1 is 0.900 bits per heavy atom. The molecule has 0 heterocycles. The van der Waals surface area contributed by atoms with Gasteiger partial charge in [-0.05, 0) is 41.2 Å². The molecular weight excluding hydrogens is 380 g/mol. The van der Waals surface area contributed by atoms with E-state index in [2.05, 4.69) is 31.4 Å². The number of amides is 2. The van der Waals surface area contributed by atoms with Crippen molar-refractivity contribution in [2.45, 2.75) is 46.1 Å². The van der Waals surface area contributed by atoms with Gasteiger partial charge in [-0.1, -0.05) is 46.8 Å². The lowest BCUT2D eigenvalue weighted by atomic mass is 9.86. The number of carbonyl (C=O) groups excluding carboxylic acids is 2. The van der Waals surface area contributed by atoms with E-state index in [0.29, 0.717) is 22.7 Å². The topological polar surface area (TPSA) is 76.7 Å². The molecule has 0 spiro atoms. The molecule has 2 rings (SSSR count). The Balaban J connectivity index is 2.13. The van der Waals surface area contributed by atoms with Crippen molar-refractivity contribution < 1.29 is 19.1 Å². The Labute approximate surface area is 179 Å². The van der Waals surface area contributed by atoms with E-state index in [9.17, 15) is 9.59 Å². The van der Waals surface area contributed by atoms with Crippen LogP contribution >= 0.6 is 0 Å². The average Bonchev–Trinajstić information content (AvgIpc) is 2.70. The van der Waals surface area contributed by atoms with Gasteiger partial charge in [0.05, 0.1) is 14.2 Å². The highest BCUT2D eigenvalue weighted by Gasteiger charge is 2.25. The molecule has 0 saturated carbocycles. The maximum atomic E-state index is 12.9. The zero-order valence-corrected chi connectivity index (χ0v) is 18.8. The molecular formula is C24H32N2O4. The second-order valence-corrected chi connectivity index (χ2v) is 8.58. The molecule has 0 aliphatic carbocycles. The number of ether oxygens (including phenoxy) is 2. The van der Waals surface area contributed by atoms with Crippen LogP contribution in [-0.2, 0) is 10.2 Å². The van der Waals surface area contributed by atoms with Gasteiger partial charge < -0.3 is 20.1 Å². The number of nitrogens with one attached hydrogen (secondary N) is 2. The van der Waals surface area contributed by atoms with Crippen LogP contribution in [0.25, 0.3) is 0 Å². The van der Waals surface area contributed by atoms with Crippen LogP contribution in [-0.4, -0.2) is 32.1 Å². The van der Waals surface area contributed by atoms with Gasteiger partial charge >= 0.3 is 0 Å². The highest BCUT2D eigenvalue weighted by atomic mass is 16.5. The molecule has 30 heavy (non-hydrogen) atoms. The molecule has 0 saturated heterocycles. The SMILES string of the molecule is COc1ccc(NC(=O)[C@@H](NC(=O)c2ccc(C(C)(C)C)cc2)C(C)C)cc1OC. The van der Waals surface area contributed by atoms with Gasteiger partial charge in [-0.15, -0.1) is 0 Å². The predicted molar refractivity (Wildman–Crippen MR) is 119 cm³/mol. The van der Waals surface area contributed by atoms with Crippen LogP contribution in [0.3, 0.4) is 0 Å². The van der Waals surface area contributed by atoms with E-state index < -0.39 is 6.04 Å². The Kier molecular flexibility index (Phi) is 7.48. The van der Waals surface area contributed by atoms with E-state index in [0.717, 1.165) is 5.56 Å². The minimum Gasteiger partial charge on any atom is -0.493 e. The molecule has 0 unspecified atom stereocenters. The van der Waals surface area contributed by atoms with Gasteiger partial charge in [-0.2, -0.15) is 0 Å². The number of carbonyl (C=O) groups is 2. The van der Waals surface area contributed by atoms with Gasteiger partial charge in [0.2, 0.25) is 5.91 Å². The summed E-state index contributed by atoms with van der Waals surface area (Å²) in [5, 5.41) is 5.70. The van der Waals surface area contributed by atoms with Crippen LogP contribution in [0.5, 0.6) is 11.5 Å². The zero-order chi connectivity index (χ0) is 22.5. The van der Waals surface area contributed by atoms with E-state index in [1.165, 1.54) is 7.11 Å². The fourth-order valence-corrected chi connectivity index (χ4v) is 3.02. The fourth-order valence-electron chi connectivity index (χ4n) is 3.02. The van der Waals surface area contributed by atoms with Gasteiger partial charge in [0.15, 0.2) is 11.5 Å². The van der Waals surface area contributed by atoms with Crippen LogP contribution in [0.15, 0.2) is 42.5 Å². The maximum Gasteiger partial charge on any atom is 0.251 e.